The molecule has 1 heterocycles. The molecule has 1 aliphatic rings. The summed E-state index contributed by atoms with van der Waals surface area (Å²) in [7, 11) is 0. The van der Waals surface area contributed by atoms with Crippen LogP contribution in [0.15, 0.2) is 48.5 Å². The number of carbonyl (C=O) groups excluding carboxylic acids is 1. The van der Waals surface area contributed by atoms with Crippen molar-refractivity contribution >= 4 is 5.91 Å². The summed E-state index contributed by atoms with van der Waals surface area (Å²) in [5.41, 5.74) is 5.51. The Labute approximate surface area is 164 Å². The first-order valence-electron chi connectivity index (χ1n) is 10.1. The molecule has 1 N–H and O–H groups in total. The number of nitrogens with one attached hydrogen (secondary N) is 1. The Morgan fingerprint density at radius 3 is 1.48 bits per heavy atom. The summed E-state index contributed by atoms with van der Waals surface area (Å²) < 4.78 is 0. The molecule has 0 unspecified atom stereocenters. The molecule has 144 valence electrons. The monoisotopic (exact) mass is 363 g/mol. The minimum absolute atomic E-state index is 0.143. The van der Waals surface area contributed by atoms with Gasteiger partial charge in [-0.3, -0.25) is 4.79 Å². The molecular formula is C25H33NO. The average Bonchev–Trinajstić information content (AvgIpc) is 3.00. The van der Waals surface area contributed by atoms with E-state index in [1.165, 1.54) is 22.3 Å². The zero-order valence-electron chi connectivity index (χ0n) is 17.6. The van der Waals surface area contributed by atoms with E-state index in [2.05, 4.69) is 95.4 Å². The topological polar surface area (TPSA) is 29.1 Å². The van der Waals surface area contributed by atoms with Crippen LogP contribution in [-0.2, 0) is 15.6 Å². The largest absolute Gasteiger partial charge is 0.352 e. The second-order valence-electron chi connectivity index (χ2n) is 9.93. The molecular weight excluding hydrogens is 330 g/mol. The molecule has 1 saturated heterocycles. The van der Waals surface area contributed by atoms with E-state index in [4.69, 9.17) is 0 Å². The molecule has 2 heteroatoms. The Morgan fingerprint density at radius 1 is 0.778 bits per heavy atom. The Kier molecular flexibility index (Phi) is 5.20. The minimum atomic E-state index is 0.143. The van der Waals surface area contributed by atoms with Crippen molar-refractivity contribution in [2.75, 3.05) is 0 Å². The molecule has 0 aliphatic carbocycles. The smallest absolute Gasteiger partial charge is 0.220 e. The lowest BCUT2D eigenvalue weighted by Gasteiger charge is -2.27. The molecule has 2 nitrogen and oxygen atoms in total. The third kappa shape index (κ3) is 4.43. The second-order valence-corrected chi connectivity index (χ2v) is 9.93. The Balaban J connectivity index is 1.98. The second kappa shape index (κ2) is 7.14. The van der Waals surface area contributed by atoms with Gasteiger partial charge in [0.15, 0.2) is 0 Å². The predicted octanol–water partition coefficient (Wildman–Crippen LogP) is 5.69. The zero-order chi connectivity index (χ0) is 19.8. The van der Waals surface area contributed by atoms with Gasteiger partial charge in [-0.1, -0.05) is 90.1 Å². The van der Waals surface area contributed by atoms with Crippen LogP contribution in [0.3, 0.4) is 0 Å². The van der Waals surface area contributed by atoms with Crippen LogP contribution < -0.4 is 5.32 Å². The summed E-state index contributed by atoms with van der Waals surface area (Å²) in [5, 5.41) is 3.20. The molecule has 0 radical (unpaired) electrons. The quantitative estimate of drug-likeness (QED) is 0.745. The summed E-state index contributed by atoms with van der Waals surface area (Å²) in [6.45, 7) is 13.4. The van der Waals surface area contributed by atoms with Crippen molar-refractivity contribution in [3.63, 3.8) is 0 Å². The molecule has 1 amide bonds. The van der Waals surface area contributed by atoms with E-state index in [0.717, 1.165) is 6.42 Å². The van der Waals surface area contributed by atoms with Crippen molar-refractivity contribution in [1.82, 2.24) is 5.32 Å². The standard InChI is InChI=1S/C25H33NO/c1-24(2,3)19-11-7-17(8-12-19)23(21-15-16-22(27)26-21)18-9-13-20(14-10-18)25(4,5)6/h7-14,21,23H,15-16H2,1-6H3,(H,26,27)/t21-/m0/s1. The van der Waals surface area contributed by atoms with Crippen molar-refractivity contribution in [2.24, 2.45) is 0 Å². The molecule has 0 bridgehead atoms. The van der Waals surface area contributed by atoms with Crippen molar-refractivity contribution in [3.8, 4) is 0 Å². The fourth-order valence-corrected chi connectivity index (χ4v) is 3.93. The van der Waals surface area contributed by atoms with Gasteiger partial charge in [-0.15, -0.1) is 0 Å². The molecule has 2 aromatic rings. The minimum Gasteiger partial charge on any atom is -0.352 e. The lowest BCUT2D eigenvalue weighted by molar-refractivity contribution is -0.119. The molecule has 27 heavy (non-hydrogen) atoms. The molecule has 0 aromatic heterocycles. The SMILES string of the molecule is CC(C)(C)c1ccc(C(c2ccc(C(C)(C)C)cc2)[C@@H]2CCC(=O)N2)cc1. The van der Waals surface area contributed by atoms with E-state index < -0.39 is 0 Å². The van der Waals surface area contributed by atoms with Crippen LogP contribution in [0, 0.1) is 0 Å². The van der Waals surface area contributed by atoms with Gasteiger partial charge in [-0.2, -0.15) is 0 Å². The highest BCUT2D eigenvalue weighted by atomic mass is 16.1. The molecule has 1 atom stereocenters. The molecule has 1 fully saturated rings. The van der Waals surface area contributed by atoms with Crippen LogP contribution in [0.2, 0.25) is 0 Å². The van der Waals surface area contributed by atoms with E-state index in [0.29, 0.717) is 6.42 Å². The Hall–Kier alpha value is -2.09. The molecule has 1 aliphatic heterocycles. The number of benzene rings is 2. The van der Waals surface area contributed by atoms with E-state index in [9.17, 15) is 4.79 Å². The number of hydrogen-bond donors (Lipinski definition) is 1. The highest BCUT2D eigenvalue weighted by molar-refractivity contribution is 5.78. The van der Waals surface area contributed by atoms with Gasteiger partial charge in [0.05, 0.1) is 0 Å². The van der Waals surface area contributed by atoms with Gasteiger partial charge in [0.1, 0.15) is 0 Å². The number of hydrogen-bond acceptors (Lipinski definition) is 1. The maximum atomic E-state index is 11.9. The number of rotatable bonds is 3. The highest BCUT2D eigenvalue weighted by Gasteiger charge is 2.31. The molecule has 2 aromatic carbocycles. The number of carbonyl (C=O) groups is 1. The normalized spacial score (nSPS) is 18.0. The third-order valence-corrected chi connectivity index (χ3v) is 5.70. The lowest BCUT2D eigenvalue weighted by atomic mass is 9.80. The molecule has 0 saturated carbocycles. The summed E-state index contributed by atoms with van der Waals surface area (Å²) >= 11 is 0. The zero-order valence-corrected chi connectivity index (χ0v) is 17.6. The van der Waals surface area contributed by atoms with E-state index in [-0.39, 0.29) is 28.7 Å². The van der Waals surface area contributed by atoms with Crippen molar-refractivity contribution < 1.29 is 4.79 Å². The Morgan fingerprint density at radius 2 is 1.19 bits per heavy atom. The van der Waals surface area contributed by atoms with Crippen LogP contribution >= 0.6 is 0 Å². The van der Waals surface area contributed by atoms with E-state index in [1.807, 2.05) is 0 Å². The van der Waals surface area contributed by atoms with Gasteiger partial charge in [0.25, 0.3) is 0 Å². The van der Waals surface area contributed by atoms with Crippen LogP contribution in [0.1, 0.15) is 82.6 Å². The first-order valence-corrected chi connectivity index (χ1v) is 10.1. The van der Waals surface area contributed by atoms with Crippen molar-refractivity contribution in [1.29, 1.82) is 0 Å². The fourth-order valence-electron chi connectivity index (χ4n) is 3.93. The summed E-state index contributed by atoms with van der Waals surface area (Å²) in [6, 6.07) is 18.1. The molecule has 0 spiro atoms. The average molecular weight is 364 g/mol. The maximum absolute atomic E-state index is 11.9. The van der Waals surface area contributed by atoms with Crippen LogP contribution in [0.5, 0.6) is 0 Å². The Bertz CT molecular complexity index is 731. The first-order chi connectivity index (χ1) is 12.6. The highest BCUT2D eigenvalue weighted by Crippen LogP contribution is 2.35. The number of amides is 1. The van der Waals surface area contributed by atoms with Crippen LogP contribution in [0.4, 0.5) is 0 Å². The van der Waals surface area contributed by atoms with E-state index in [1.54, 1.807) is 0 Å². The fraction of sp³-hybridized carbons (Fsp3) is 0.480. The van der Waals surface area contributed by atoms with Gasteiger partial charge in [0.2, 0.25) is 5.91 Å². The first kappa shape index (κ1) is 19.7. The van der Waals surface area contributed by atoms with Gasteiger partial charge in [0, 0.05) is 18.4 Å². The third-order valence-electron chi connectivity index (χ3n) is 5.70. The van der Waals surface area contributed by atoms with Gasteiger partial charge >= 0.3 is 0 Å². The van der Waals surface area contributed by atoms with Gasteiger partial charge < -0.3 is 5.32 Å². The van der Waals surface area contributed by atoms with Crippen molar-refractivity contribution in [2.45, 2.75) is 77.2 Å². The summed E-state index contributed by atoms with van der Waals surface area (Å²) in [4.78, 5) is 11.9. The maximum Gasteiger partial charge on any atom is 0.220 e. The van der Waals surface area contributed by atoms with Crippen LogP contribution in [0.25, 0.3) is 0 Å². The molecule has 3 rings (SSSR count). The van der Waals surface area contributed by atoms with Crippen LogP contribution in [-0.4, -0.2) is 11.9 Å². The lowest BCUT2D eigenvalue weighted by Crippen LogP contribution is -2.32. The summed E-state index contributed by atoms with van der Waals surface area (Å²) in [6.07, 6.45) is 1.52. The van der Waals surface area contributed by atoms with E-state index >= 15 is 0 Å². The predicted molar refractivity (Wildman–Crippen MR) is 113 cm³/mol. The summed E-state index contributed by atoms with van der Waals surface area (Å²) in [5.74, 6) is 0.363. The van der Waals surface area contributed by atoms with Gasteiger partial charge in [-0.05, 0) is 39.5 Å². The van der Waals surface area contributed by atoms with Gasteiger partial charge in [-0.25, -0.2) is 0 Å². The van der Waals surface area contributed by atoms with Crippen molar-refractivity contribution in [3.05, 3.63) is 70.8 Å².